The first kappa shape index (κ1) is 18.8. The highest BCUT2D eigenvalue weighted by molar-refractivity contribution is 6.36. The lowest BCUT2D eigenvalue weighted by Gasteiger charge is -2.24. The van der Waals surface area contributed by atoms with Gasteiger partial charge in [-0.05, 0) is 48.4 Å². The quantitative estimate of drug-likeness (QED) is 0.529. The van der Waals surface area contributed by atoms with Crippen LogP contribution in [0.15, 0.2) is 60.7 Å². The second kappa shape index (κ2) is 7.91. The maximum Gasteiger partial charge on any atom is 0.146 e. The van der Waals surface area contributed by atoms with Gasteiger partial charge < -0.3 is 15.4 Å². The molecule has 2 aliphatic heterocycles. The van der Waals surface area contributed by atoms with Crippen molar-refractivity contribution in [2.24, 2.45) is 0 Å². The topological polar surface area (TPSA) is 33.3 Å². The number of hydrogen-bond acceptors (Lipinski definition) is 3. The van der Waals surface area contributed by atoms with Gasteiger partial charge in [-0.25, -0.2) is 0 Å². The van der Waals surface area contributed by atoms with E-state index in [0.717, 1.165) is 48.6 Å². The molecule has 1 fully saturated rings. The number of anilines is 1. The number of fused-ring (bicyclic) bond motifs is 3. The predicted octanol–water partition coefficient (Wildman–Crippen LogP) is 6.11. The number of benzene rings is 3. The van der Waals surface area contributed by atoms with Crippen molar-refractivity contribution >= 4 is 28.9 Å². The Kier molecular flexibility index (Phi) is 5.13. The summed E-state index contributed by atoms with van der Waals surface area (Å²) in [5, 5.41) is 8.40. The zero-order valence-corrected chi connectivity index (χ0v) is 17.4. The molecule has 0 bridgehead atoms. The van der Waals surface area contributed by atoms with Gasteiger partial charge in [0.15, 0.2) is 0 Å². The maximum atomic E-state index is 6.53. The normalized spacial score (nSPS) is 19.9. The number of ether oxygens (including phenoxy) is 1. The first-order valence-corrected chi connectivity index (χ1v) is 10.7. The van der Waals surface area contributed by atoms with Gasteiger partial charge in [-0.15, -0.1) is 0 Å². The van der Waals surface area contributed by atoms with Gasteiger partial charge in [-0.1, -0.05) is 59.6 Å². The van der Waals surface area contributed by atoms with Crippen molar-refractivity contribution < 1.29 is 4.74 Å². The minimum Gasteiger partial charge on any atom is -0.487 e. The van der Waals surface area contributed by atoms with E-state index in [1.165, 1.54) is 11.1 Å². The monoisotopic (exact) mass is 424 g/mol. The average molecular weight is 425 g/mol. The molecule has 0 amide bonds. The summed E-state index contributed by atoms with van der Waals surface area (Å²) in [6.07, 6.45) is 1.26. The fourth-order valence-electron chi connectivity index (χ4n) is 4.30. The summed E-state index contributed by atoms with van der Waals surface area (Å²) in [5.74, 6) is 1.34. The summed E-state index contributed by atoms with van der Waals surface area (Å²) in [5.41, 5.74) is 5.56. The smallest absolute Gasteiger partial charge is 0.146 e. The van der Waals surface area contributed by atoms with Crippen molar-refractivity contribution in [1.29, 1.82) is 0 Å². The van der Waals surface area contributed by atoms with Gasteiger partial charge >= 0.3 is 0 Å². The van der Waals surface area contributed by atoms with Crippen LogP contribution in [0.3, 0.4) is 0 Å². The Labute approximate surface area is 181 Å². The van der Waals surface area contributed by atoms with E-state index in [-0.39, 0.29) is 6.10 Å². The number of nitrogens with one attached hydrogen (secondary N) is 2. The van der Waals surface area contributed by atoms with Crippen LogP contribution in [-0.4, -0.2) is 19.2 Å². The van der Waals surface area contributed by atoms with E-state index in [9.17, 15) is 0 Å². The molecule has 5 heteroatoms. The van der Waals surface area contributed by atoms with E-state index in [1.54, 1.807) is 6.07 Å². The van der Waals surface area contributed by atoms with Crippen LogP contribution in [-0.2, 0) is 6.54 Å². The highest BCUT2D eigenvalue weighted by Gasteiger charge is 2.38. The van der Waals surface area contributed by atoms with Crippen molar-refractivity contribution in [3.8, 4) is 16.9 Å². The third-order valence-electron chi connectivity index (χ3n) is 5.77. The maximum absolute atomic E-state index is 6.53. The molecule has 3 aromatic rings. The minimum atomic E-state index is 0.236. The zero-order valence-electron chi connectivity index (χ0n) is 15.9. The number of rotatable bonds is 4. The molecule has 2 aliphatic rings. The molecule has 2 heterocycles. The lowest BCUT2D eigenvalue weighted by atomic mass is 9.89. The Bertz CT molecular complexity index is 1040. The van der Waals surface area contributed by atoms with Crippen LogP contribution in [0.1, 0.15) is 23.5 Å². The molecule has 0 spiro atoms. The molecule has 0 aromatic heterocycles. The minimum absolute atomic E-state index is 0.236. The Morgan fingerprint density at radius 2 is 1.90 bits per heavy atom. The number of hydrogen-bond donors (Lipinski definition) is 2. The molecule has 2 atom stereocenters. The predicted molar refractivity (Wildman–Crippen MR) is 120 cm³/mol. The molecule has 2 unspecified atom stereocenters. The van der Waals surface area contributed by atoms with Crippen molar-refractivity contribution in [3.63, 3.8) is 0 Å². The molecule has 0 saturated carbocycles. The second-order valence-corrected chi connectivity index (χ2v) is 8.50. The summed E-state index contributed by atoms with van der Waals surface area (Å²) in [4.78, 5) is 0. The van der Waals surface area contributed by atoms with E-state index in [0.29, 0.717) is 16.0 Å². The summed E-state index contributed by atoms with van der Waals surface area (Å²) in [6, 6.07) is 20.4. The van der Waals surface area contributed by atoms with Crippen LogP contribution in [0.2, 0.25) is 10.0 Å². The van der Waals surface area contributed by atoms with E-state index in [2.05, 4.69) is 47.0 Å². The fourth-order valence-corrected chi connectivity index (χ4v) is 4.82. The lowest BCUT2D eigenvalue weighted by molar-refractivity contribution is 0.173. The first-order chi connectivity index (χ1) is 14.2. The summed E-state index contributed by atoms with van der Waals surface area (Å²) in [6.45, 7) is 2.67. The standard InChI is InChI=1S/C24H22Cl2N2O/c25-17-6-7-18(21(26)12-17)16-10-19-20-14-27-9-8-23(20)29-24(19)22(11-16)28-13-15-4-2-1-3-5-15/h1-7,10-12,20,23,27-28H,8-9,13-14H2. The van der Waals surface area contributed by atoms with Gasteiger partial charge in [-0.3, -0.25) is 0 Å². The fraction of sp³-hybridized carbons (Fsp3) is 0.250. The Morgan fingerprint density at radius 3 is 2.72 bits per heavy atom. The number of piperidine rings is 1. The average Bonchev–Trinajstić information content (AvgIpc) is 3.11. The molecular formula is C24H22Cl2N2O. The molecule has 0 aliphatic carbocycles. The van der Waals surface area contributed by atoms with Crippen LogP contribution in [0.4, 0.5) is 5.69 Å². The molecule has 3 aromatic carbocycles. The van der Waals surface area contributed by atoms with E-state index in [4.69, 9.17) is 27.9 Å². The third-order valence-corrected chi connectivity index (χ3v) is 6.32. The van der Waals surface area contributed by atoms with Gasteiger partial charge in [0.05, 0.1) is 5.69 Å². The van der Waals surface area contributed by atoms with Crippen LogP contribution < -0.4 is 15.4 Å². The molecule has 1 saturated heterocycles. The van der Waals surface area contributed by atoms with E-state index in [1.807, 2.05) is 18.2 Å². The third kappa shape index (κ3) is 3.71. The van der Waals surface area contributed by atoms with Gasteiger partial charge in [0.2, 0.25) is 0 Å². The first-order valence-electron chi connectivity index (χ1n) is 9.97. The van der Waals surface area contributed by atoms with Crippen molar-refractivity contribution in [2.75, 3.05) is 18.4 Å². The van der Waals surface area contributed by atoms with E-state index >= 15 is 0 Å². The van der Waals surface area contributed by atoms with E-state index < -0.39 is 0 Å². The summed E-state index contributed by atoms with van der Waals surface area (Å²) in [7, 11) is 0. The molecule has 2 N–H and O–H groups in total. The molecule has 5 rings (SSSR count). The van der Waals surface area contributed by atoms with Gasteiger partial charge in [0, 0.05) is 40.2 Å². The highest BCUT2D eigenvalue weighted by Crippen LogP contribution is 2.48. The van der Waals surface area contributed by atoms with Gasteiger partial charge in [-0.2, -0.15) is 0 Å². The van der Waals surface area contributed by atoms with Gasteiger partial charge in [0.25, 0.3) is 0 Å². The molecule has 0 radical (unpaired) electrons. The number of halogens is 2. The Balaban J connectivity index is 1.56. The Hall–Kier alpha value is -2.20. The summed E-state index contributed by atoms with van der Waals surface area (Å²) < 4.78 is 6.41. The lowest BCUT2D eigenvalue weighted by Crippen LogP contribution is -2.37. The van der Waals surface area contributed by atoms with Crippen LogP contribution in [0, 0.1) is 0 Å². The SMILES string of the molecule is Clc1ccc(-c2cc(NCc3ccccc3)c3c(c2)C2CNCCC2O3)c(Cl)c1. The highest BCUT2D eigenvalue weighted by atomic mass is 35.5. The zero-order chi connectivity index (χ0) is 19.8. The van der Waals surface area contributed by atoms with Crippen LogP contribution >= 0.6 is 23.2 Å². The van der Waals surface area contributed by atoms with Crippen molar-refractivity contribution in [3.05, 3.63) is 81.8 Å². The van der Waals surface area contributed by atoms with Crippen molar-refractivity contribution in [1.82, 2.24) is 5.32 Å². The van der Waals surface area contributed by atoms with Crippen molar-refractivity contribution in [2.45, 2.75) is 25.0 Å². The molecule has 148 valence electrons. The molecule has 3 nitrogen and oxygen atoms in total. The Morgan fingerprint density at radius 1 is 1.03 bits per heavy atom. The molecule has 29 heavy (non-hydrogen) atoms. The van der Waals surface area contributed by atoms with Gasteiger partial charge in [0.1, 0.15) is 11.9 Å². The largest absolute Gasteiger partial charge is 0.487 e. The molecular weight excluding hydrogens is 403 g/mol. The van der Waals surface area contributed by atoms with Crippen LogP contribution in [0.25, 0.3) is 11.1 Å². The van der Waals surface area contributed by atoms with Crippen LogP contribution in [0.5, 0.6) is 5.75 Å². The second-order valence-electron chi connectivity index (χ2n) is 7.66. The summed E-state index contributed by atoms with van der Waals surface area (Å²) >= 11 is 12.6.